The summed E-state index contributed by atoms with van der Waals surface area (Å²) in [6, 6.07) is 0. The highest BCUT2D eigenvalue weighted by atomic mass is 32.1. The lowest BCUT2D eigenvalue weighted by atomic mass is 9.88. The minimum atomic E-state index is 1.04. The number of rotatable bonds is 3. The van der Waals surface area contributed by atoms with Crippen LogP contribution in [-0.4, -0.2) is 5.75 Å². The van der Waals surface area contributed by atoms with Crippen LogP contribution in [0.2, 0.25) is 0 Å². The molecular weight excluding hydrogens is 164 g/mol. The predicted molar refractivity (Wildman–Crippen MR) is 58.9 cm³/mol. The lowest BCUT2D eigenvalue weighted by molar-refractivity contribution is 0.357. The second-order valence-corrected chi connectivity index (χ2v) is 4.52. The van der Waals surface area contributed by atoms with Crippen LogP contribution in [0.3, 0.4) is 0 Å². The van der Waals surface area contributed by atoms with Crippen molar-refractivity contribution < 1.29 is 0 Å². The van der Waals surface area contributed by atoms with Gasteiger partial charge in [-0.15, -0.1) is 0 Å². The van der Waals surface area contributed by atoms with Gasteiger partial charge < -0.3 is 0 Å². The van der Waals surface area contributed by atoms with Crippen molar-refractivity contribution in [3.63, 3.8) is 0 Å². The summed E-state index contributed by atoms with van der Waals surface area (Å²) >= 11 is 4.27. The van der Waals surface area contributed by atoms with Gasteiger partial charge in [0.15, 0.2) is 0 Å². The maximum atomic E-state index is 4.27. The molecule has 0 nitrogen and oxygen atoms in total. The SMILES string of the molecule is SCCCC1CCCCCCC1. The molecule has 0 heterocycles. The van der Waals surface area contributed by atoms with Gasteiger partial charge in [-0.1, -0.05) is 44.9 Å². The van der Waals surface area contributed by atoms with Gasteiger partial charge >= 0.3 is 0 Å². The summed E-state index contributed by atoms with van der Waals surface area (Å²) < 4.78 is 0. The van der Waals surface area contributed by atoms with Crippen molar-refractivity contribution in [3.05, 3.63) is 0 Å². The van der Waals surface area contributed by atoms with E-state index in [-0.39, 0.29) is 0 Å². The van der Waals surface area contributed by atoms with Gasteiger partial charge in [0.1, 0.15) is 0 Å². The molecule has 1 saturated carbocycles. The molecule has 1 rings (SSSR count). The Balaban J connectivity index is 2.11. The highest BCUT2D eigenvalue weighted by Gasteiger charge is 2.09. The lowest BCUT2D eigenvalue weighted by Gasteiger charge is -2.18. The molecule has 72 valence electrons. The van der Waals surface area contributed by atoms with E-state index >= 15 is 0 Å². The monoisotopic (exact) mass is 186 g/mol. The molecule has 0 spiro atoms. The van der Waals surface area contributed by atoms with E-state index in [9.17, 15) is 0 Å². The summed E-state index contributed by atoms with van der Waals surface area (Å²) in [5.74, 6) is 2.12. The van der Waals surface area contributed by atoms with Crippen molar-refractivity contribution in [2.24, 2.45) is 5.92 Å². The second-order valence-electron chi connectivity index (χ2n) is 4.08. The third-order valence-corrected chi connectivity index (χ3v) is 3.31. The van der Waals surface area contributed by atoms with Crippen LogP contribution in [0.4, 0.5) is 0 Å². The topological polar surface area (TPSA) is 0 Å². The largest absolute Gasteiger partial charge is 0.179 e. The van der Waals surface area contributed by atoms with Crippen molar-refractivity contribution in [2.45, 2.75) is 57.8 Å². The standard InChI is InChI=1S/C11H22S/c12-10-6-9-11-7-4-2-1-3-5-8-11/h11-12H,1-10H2. The average Bonchev–Trinajstić information content (AvgIpc) is 2.02. The summed E-state index contributed by atoms with van der Waals surface area (Å²) in [4.78, 5) is 0. The maximum absolute atomic E-state index is 4.27. The Hall–Kier alpha value is 0.350. The van der Waals surface area contributed by atoms with E-state index in [1.807, 2.05) is 0 Å². The van der Waals surface area contributed by atoms with Gasteiger partial charge in [0.05, 0.1) is 0 Å². The quantitative estimate of drug-likeness (QED) is 0.631. The van der Waals surface area contributed by atoms with Crippen LogP contribution in [0, 0.1) is 5.92 Å². The zero-order chi connectivity index (χ0) is 8.65. The first kappa shape index (κ1) is 10.4. The van der Waals surface area contributed by atoms with Gasteiger partial charge in [-0.2, -0.15) is 12.6 Å². The minimum Gasteiger partial charge on any atom is -0.179 e. The molecule has 0 atom stereocenters. The first-order valence-electron chi connectivity index (χ1n) is 5.54. The average molecular weight is 186 g/mol. The molecule has 1 fully saturated rings. The highest BCUT2D eigenvalue weighted by Crippen LogP contribution is 2.25. The van der Waals surface area contributed by atoms with Gasteiger partial charge in [0, 0.05) is 0 Å². The molecule has 0 aliphatic heterocycles. The van der Waals surface area contributed by atoms with E-state index in [1.165, 1.54) is 57.8 Å². The van der Waals surface area contributed by atoms with Crippen LogP contribution in [0.5, 0.6) is 0 Å². The molecule has 0 radical (unpaired) electrons. The summed E-state index contributed by atoms with van der Waals surface area (Å²) in [7, 11) is 0. The van der Waals surface area contributed by atoms with Crippen LogP contribution < -0.4 is 0 Å². The third kappa shape index (κ3) is 4.39. The maximum Gasteiger partial charge on any atom is -0.00978 e. The van der Waals surface area contributed by atoms with E-state index in [0.29, 0.717) is 0 Å². The molecule has 12 heavy (non-hydrogen) atoms. The Bertz CT molecular complexity index is 90.4. The highest BCUT2D eigenvalue weighted by molar-refractivity contribution is 7.80. The third-order valence-electron chi connectivity index (χ3n) is 3.00. The molecule has 0 saturated heterocycles. The molecule has 0 aromatic heterocycles. The minimum absolute atomic E-state index is 1.04. The first-order valence-corrected chi connectivity index (χ1v) is 6.17. The summed E-state index contributed by atoms with van der Waals surface area (Å²) in [5.41, 5.74) is 0. The first-order chi connectivity index (χ1) is 5.93. The molecule has 0 aromatic rings. The fraction of sp³-hybridized carbons (Fsp3) is 1.00. The molecule has 0 amide bonds. The number of hydrogen-bond donors (Lipinski definition) is 1. The van der Waals surface area contributed by atoms with Crippen LogP contribution in [0.15, 0.2) is 0 Å². The normalized spacial score (nSPS) is 21.8. The zero-order valence-corrected chi connectivity index (χ0v) is 8.99. The molecule has 1 aliphatic carbocycles. The summed E-state index contributed by atoms with van der Waals surface area (Å²) in [5, 5.41) is 0. The van der Waals surface area contributed by atoms with Crippen molar-refractivity contribution >= 4 is 12.6 Å². The van der Waals surface area contributed by atoms with Gasteiger partial charge in [0.2, 0.25) is 0 Å². The van der Waals surface area contributed by atoms with E-state index in [0.717, 1.165) is 11.7 Å². The Morgan fingerprint density at radius 2 is 1.50 bits per heavy atom. The van der Waals surface area contributed by atoms with E-state index in [1.54, 1.807) is 0 Å². The molecule has 0 unspecified atom stereocenters. The zero-order valence-electron chi connectivity index (χ0n) is 8.10. The molecular formula is C11H22S. The van der Waals surface area contributed by atoms with Crippen LogP contribution in [0.25, 0.3) is 0 Å². The van der Waals surface area contributed by atoms with E-state index < -0.39 is 0 Å². The summed E-state index contributed by atoms with van der Waals surface area (Å²) in [6.45, 7) is 0. The molecule has 1 heteroatoms. The van der Waals surface area contributed by atoms with E-state index in [2.05, 4.69) is 12.6 Å². The molecule has 1 aliphatic rings. The Labute approximate surface area is 82.5 Å². The molecule has 0 aromatic carbocycles. The van der Waals surface area contributed by atoms with Crippen molar-refractivity contribution in [1.29, 1.82) is 0 Å². The smallest absolute Gasteiger partial charge is 0.00978 e. The van der Waals surface area contributed by atoms with Crippen LogP contribution in [0.1, 0.15) is 57.8 Å². The fourth-order valence-electron chi connectivity index (χ4n) is 2.21. The number of thiol groups is 1. The molecule has 0 N–H and O–H groups in total. The van der Waals surface area contributed by atoms with Crippen molar-refractivity contribution in [2.75, 3.05) is 5.75 Å². The number of hydrogen-bond acceptors (Lipinski definition) is 1. The Morgan fingerprint density at radius 1 is 0.917 bits per heavy atom. The van der Waals surface area contributed by atoms with Crippen LogP contribution >= 0.6 is 12.6 Å². The summed E-state index contributed by atoms with van der Waals surface area (Å²) in [6.07, 6.45) is 13.2. The predicted octanol–water partition coefficient (Wildman–Crippen LogP) is 4.06. The lowest BCUT2D eigenvalue weighted by Crippen LogP contribution is -2.03. The second kappa shape index (κ2) is 6.82. The van der Waals surface area contributed by atoms with Crippen LogP contribution in [-0.2, 0) is 0 Å². The fourth-order valence-corrected chi connectivity index (χ4v) is 2.39. The Kier molecular flexibility index (Phi) is 5.93. The van der Waals surface area contributed by atoms with Gasteiger partial charge in [-0.05, 0) is 24.5 Å². The Morgan fingerprint density at radius 3 is 2.08 bits per heavy atom. The van der Waals surface area contributed by atoms with E-state index in [4.69, 9.17) is 0 Å². The van der Waals surface area contributed by atoms with Crippen molar-refractivity contribution in [3.8, 4) is 0 Å². The van der Waals surface area contributed by atoms with Gasteiger partial charge in [-0.25, -0.2) is 0 Å². The van der Waals surface area contributed by atoms with Gasteiger partial charge in [-0.3, -0.25) is 0 Å². The molecule has 0 bridgehead atoms. The van der Waals surface area contributed by atoms with Crippen molar-refractivity contribution in [1.82, 2.24) is 0 Å². The van der Waals surface area contributed by atoms with Gasteiger partial charge in [0.25, 0.3) is 0 Å².